The second-order valence-corrected chi connectivity index (χ2v) is 13.9. The van der Waals surface area contributed by atoms with Crippen LogP contribution in [0.1, 0.15) is 97.8 Å². The lowest BCUT2D eigenvalue weighted by Crippen LogP contribution is -2.35. The third kappa shape index (κ3) is 4.68. The number of hydrogen-bond donors (Lipinski definition) is 1. The van der Waals surface area contributed by atoms with Gasteiger partial charge in [0.05, 0.1) is 5.60 Å². The van der Waals surface area contributed by atoms with E-state index < -0.39 is 9.76 Å². The van der Waals surface area contributed by atoms with Gasteiger partial charge in [0.1, 0.15) is 0 Å². The van der Waals surface area contributed by atoms with E-state index in [9.17, 15) is 5.11 Å². The van der Waals surface area contributed by atoms with Gasteiger partial charge in [-0.25, -0.2) is 0 Å². The number of hydrogen-bond acceptors (Lipinski definition) is 2. The first-order chi connectivity index (χ1) is 12.2. The van der Waals surface area contributed by atoms with E-state index >= 15 is 0 Å². The van der Waals surface area contributed by atoms with E-state index in [-0.39, 0.29) is 28.6 Å². The normalized spacial score (nSPS) is 26.6. The third-order valence-corrected chi connectivity index (χ3v) is 8.22. The van der Waals surface area contributed by atoms with Crippen molar-refractivity contribution in [2.75, 3.05) is 6.61 Å². The van der Waals surface area contributed by atoms with Crippen molar-refractivity contribution in [2.24, 2.45) is 11.8 Å². The van der Waals surface area contributed by atoms with Crippen molar-refractivity contribution in [3.63, 3.8) is 0 Å². The zero-order valence-corrected chi connectivity index (χ0v) is 20.7. The molecular weight excluding hydrogens is 348 g/mol. The van der Waals surface area contributed by atoms with Gasteiger partial charge >= 0.3 is 0 Å². The standard InChI is InChI=1S/C24H42O2Si/c1-15(2)17-11-18(16(3)4)13-19(12-17)24(10)20(14-25)21(24)23(8,9)26-27-22(5,6)7/h11-13,15-16,20-21,25H,14,27H2,1-10H3/t20-,21?,24?/m0/s1. The van der Waals surface area contributed by atoms with Crippen LogP contribution in [0.15, 0.2) is 18.2 Å². The summed E-state index contributed by atoms with van der Waals surface area (Å²) in [6.07, 6.45) is 0. The fourth-order valence-corrected chi connectivity index (χ4v) is 5.63. The van der Waals surface area contributed by atoms with Gasteiger partial charge in [-0.05, 0) is 53.3 Å². The van der Waals surface area contributed by atoms with Gasteiger partial charge in [-0.1, -0.05) is 73.6 Å². The molecule has 154 valence electrons. The summed E-state index contributed by atoms with van der Waals surface area (Å²) in [5, 5.41) is 10.5. The molecule has 0 radical (unpaired) electrons. The van der Waals surface area contributed by atoms with Crippen molar-refractivity contribution in [3.8, 4) is 0 Å². The summed E-state index contributed by atoms with van der Waals surface area (Å²) in [4.78, 5) is 0. The fraction of sp³-hybridized carbons (Fsp3) is 0.750. The highest BCUT2D eigenvalue weighted by molar-refractivity contribution is 6.31. The van der Waals surface area contributed by atoms with Crippen LogP contribution in [-0.4, -0.2) is 27.1 Å². The molecule has 0 amide bonds. The van der Waals surface area contributed by atoms with Gasteiger partial charge in [0, 0.05) is 17.9 Å². The quantitative estimate of drug-likeness (QED) is 0.621. The first-order valence-electron chi connectivity index (χ1n) is 10.6. The highest BCUT2D eigenvalue weighted by atomic mass is 28.2. The van der Waals surface area contributed by atoms with Crippen LogP contribution in [0.5, 0.6) is 0 Å². The van der Waals surface area contributed by atoms with Crippen LogP contribution >= 0.6 is 0 Å². The predicted octanol–water partition coefficient (Wildman–Crippen LogP) is 5.53. The second kappa shape index (κ2) is 7.65. The average molecular weight is 391 g/mol. The fourth-order valence-electron chi connectivity index (χ4n) is 4.64. The van der Waals surface area contributed by atoms with Crippen LogP contribution in [0, 0.1) is 11.8 Å². The predicted molar refractivity (Wildman–Crippen MR) is 119 cm³/mol. The highest BCUT2D eigenvalue weighted by Crippen LogP contribution is 2.65. The van der Waals surface area contributed by atoms with Crippen molar-refractivity contribution < 1.29 is 9.53 Å². The Kier molecular flexibility index (Phi) is 6.41. The molecule has 3 atom stereocenters. The summed E-state index contributed by atoms with van der Waals surface area (Å²) < 4.78 is 6.55. The number of aliphatic hydroxyl groups is 1. The molecule has 1 saturated carbocycles. The first-order valence-corrected chi connectivity index (χ1v) is 11.9. The highest BCUT2D eigenvalue weighted by Gasteiger charge is 2.67. The minimum atomic E-state index is -0.639. The van der Waals surface area contributed by atoms with Crippen LogP contribution in [0.2, 0.25) is 5.04 Å². The number of rotatable bonds is 7. The summed E-state index contributed by atoms with van der Waals surface area (Å²) in [7, 11) is -0.639. The Bertz CT molecular complexity index is 631. The van der Waals surface area contributed by atoms with Crippen LogP contribution in [0.3, 0.4) is 0 Å². The summed E-state index contributed by atoms with van der Waals surface area (Å²) in [5.41, 5.74) is 3.98. The SMILES string of the molecule is CC(C)c1cc(C(C)C)cc(C2(C)C(C(C)(C)O[SiH2]C(C)(C)C)[C@@H]2CO)c1. The van der Waals surface area contributed by atoms with Crippen molar-refractivity contribution in [3.05, 3.63) is 34.9 Å². The monoisotopic (exact) mass is 390 g/mol. The van der Waals surface area contributed by atoms with Gasteiger partial charge in [0.15, 0.2) is 9.76 Å². The minimum Gasteiger partial charge on any atom is -0.418 e. The van der Waals surface area contributed by atoms with Crippen LogP contribution in [0.25, 0.3) is 0 Å². The molecule has 2 rings (SSSR count). The van der Waals surface area contributed by atoms with E-state index in [0.29, 0.717) is 17.8 Å². The van der Waals surface area contributed by atoms with Crippen LogP contribution < -0.4 is 0 Å². The van der Waals surface area contributed by atoms with Crippen LogP contribution in [0.4, 0.5) is 0 Å². The van der Waals surface area contributed by atoms with E-state index in [1.807, 2.05) is 0 Å². The van der Waals surface area contributed by atoms with Crippen molar-refractivity contribution in [1.29, 1.82) is 0 Å². The molecule has 1 fully saturated rings. The lowest BCUT2D eigenvalue weighted by Gasteiger charge is -2.32. The molecule has 1 aliphatic carbocycles. The summed E-state index contributed by atoms with van der Waals surface area (Å²) >= 11 is 0. The van der Waals surface area contributed by atoms with E-state index in [0.717, 1.165) is 0 Å². The number of benzene rings is 1. The van der Waals surface area contributed by atoms with Gasteiger partial charge in [-0.2, -0.15) is 0 Å². The molecule has 1 aromatic rings. The van der Waals surface area contributed by atoms with E-state index in [1.54, 1.807) is 0 Å². The molecule has 2 unspecified atom stereocenters. The lowest BCUT2D eigenvalue weighted by molar-refractivity contribution is 0.0689. The van der Waals surface area contributed by atoms with Crippen molar-refractivity contribution >= 4 is 9.76 Å². The van der Waals surface area contributed by atoms with Gasteiger partial charge in [-0.15, -0.1) is 0 Å². The molecule has 1 N–H and O–H groups in total. The Labute approximate surface area is 170 Å². The largest absolute Gasteiger partial charge is 0.418 e. The smallest absolute Gasteiger partial charge is 0.167 e. The summed E-state index contributed by atoms with van der Waals surface area (Å²) in [6, 6.07) is 7.13. The Balaban J connectivity index is 2.41. The van der Waals surface area contributed by atoms with Crippen molar-refractivity contribution in [2.45, 2.75) is 97.1 Å². The zero-order chi connectivity index (χ0) is 20.8. The van der Waals surface area contributed by atoms with E-state index in [2.05, 4.69) is 87.4 Å². The maximum absolute atomic E-state index is 10.2. The summed E-state index contributed by atoms with van der Waals surface area (Å²) in [5.74, 6) is 1.64. The lowest BCUT2D eigenvalue weighted by atomic mass is 9.84. The Morgan fingerprint density at radius 2 is 1.48 bits per heavy atom. The maximum Gasteiger partial charge on any atom is 0.167 e. The third-order valence-electron chi connectivity index (χ3n) is 6.47. The Morgan fingerprint density at radius 3 is 1.85 bits per heavy atom. The first kappa shape index (κ1) is 22.6. The molecule has 1 aliphatic rings. The minimum absolute atomic E-state index is 0.0148. The molecule has 2 nitrogen and oxygen atoms in total. The second-order valence-electron chi connectivity index (χ2n) is 11.2. The van der Waals surface area contributed by atoms with Gasteiger partial charge in [0.2, 0.25) is 0 Å². The maximum atomic E-state index is 10.2. The Hall–Kier alpha value is -0.643. The topological polar surface area (TPSA) is 29.5 Å². The van der Waals surface area contributed by atoms with Gasteiger partial charge in [-0.3, -0.25) is 0 Å². The molecule has 0 bridgehead atoms. The molecule has 1 aromatic carbocycles. The zero-order valence-electron chi connectivity index (χ0n) is 19.3. The van der Waals surface area contributed by atoms with E-state index in [1.165, 1.54) is 16.7 Å². The molecule has 27 heavy (non-hydrogen) atoms. The average Bonchev–Trinajstić information content (AvgIpc) is 3.19. The molecule has 0 aliphatic heterocycles. The summed E-state index contributed by atoms with van der Waals surface area (Å²) in [6.45, 7) is 22.9. The molecule has 0 spiro atoms. The number of aliphatic hydroxyl groups excluding tert-OH is 1. The molecular formula is C24H42O2Si. The molecule has 0 saturated heterocycles. The van der Waals surface area contributed by atoms with Crippen molar-refractivity contribution in [1.82, 2.24) is 0 Å². The van der Waals surface area contributed by atoms with E-state index in [4.69, 9.17) is 4.43 Å². The molecule has 0 heterocycles. The van der Waals surface area contributed by atoms with Gasteiger partial charge < -0.3 is 9.53 Å². The Morgan fingerprint density at radius 1 is 1.00 bits per heavy atom. The molecule has 0 aromatic heterocycles. The van der Waals surface area contributed by atoms with Gasteiger partial charge in [0.25, 0.3) is 0 Å². The van der Waals surface area contributed by atoms with Crippen LogP contribution in [-0.2, 0) is 9.84 Å². The molecule has 3 heteroatoms.